The molecule has 0 bridgehead atoms. The van der Waals surface area contributed by atoms with Crippen LogP contribution in [0.15, 0.2) is 39.8 Å². The van der Waals surface area contributed by atoms with Gasteiger partial charge in [-0.2, -0.15) is 0 Å². The Kier molecular flexibility index (Phi) is 3.31. The minimum absolute atomic E-state index is 0.612. The van der Waals surface area contributed by atoms with E-state index in [0.29, 0.717) is 5.65 Å². The number of rotatable bonds is 4. The molecule has 4 heterocycles. The SMILES string of the molecule is Cn1c(Cc2cccs2)nnc1Sc1ccc2nnnn2n1. The van der Waals surface area contributed by atoms with Crippen LogP contribution in [0, 0.1) is 0 Å². The number of nitrogens with zero attached hydrogens (tertiary/aromatic N) is 8. The summed E-state index contributed by atoms with van der Waals surface area (Å²) in [4.78, 5) is 1.26. The molecule has 110 valence electrons. The van der Waals surface area contributed by atoms with Crippen LogP contribution in [-0.4, -0.2) is 40.0 Å². The zero-order valence-electron chi connectivity index (χ0n) is 11.5. The maximum absolute atomic E-state index is 4.32. The van der Waals surface area contributed by atoms with Crippen LogP contribution in [0.3, 0.4) is 0 Å². The Hall–Kier alpha value is -2.33. The number of tetrazole rings is 1. The zero-order chi connectivity index (χ0) is 14.9. The molecular weight excluding hydrogens is 320 g/mol. The fraction of sp³-hybridized carbons (Fsp3) is 0.167. The van der Waals surface area contributed by atoms with Gasteiger partial charge in [0.15, 0.2) is 10.8 Å². The van der Waals surface area contributed by atoms with Crippen LogP contribution in [0.1, 0.15) is 10.7 Å². The Morgan fingerprint density at radius 3 is 3.00 bits per heavy atom. The molecule has 0 aliphatic rings. The maximum Gasteiger partial charge on any atom is 0.200 e. The number of fused-ring (bicyclic) bond motifs is 1. The molecule has 4 aromatic rings. The lowest BCUT2D eigenvalue weighted by molar-refractivity contribution is 0.699. The fourth-order valence-corrected chi connectivity index (χ4v) is 3.40. The standard InChI is InChI=1S/C12H10N8S2/c1-19-10(7-8-3-2-6-21-8)13-15-12(19)22-11-5-4-9-14-17-18-20(9)16-11/h2-6H,7H2,1H3. The quantitative estimate of drug-likeness (QED) is 0.559. The lowest BCUT2D eigenvalue weighted by atomic mass is 10.3. The predicted octanol–water partition coefficient (Wildman–Crippen LogP) is 1.45. The third-order valence-electron chi connectivity index (χ3n) is 3.08. The summed E-state index contributed by atoms with van der Waals surface area (Å²) >= 11 is 3.15. The monoisotopic (exact) mass is 330 g/mol. The molecule has 0 unspecified atom stereocenters. The van der Waals surface area contributed by atoms with Crippen molar-refractivity contribution in [1.29, 1.82) is 0 Å². The molecule has 0 spiro atoms. The van der Waals surface area contributed by atoms with Crippen molar-refractivity contribution in [3.63, 3.8) is 0 Å². The predicted molar refractivity (Wildman–Crippen MR) is 80.8 cm³/mol. The largest absolute Gasteiger partial charge is 0.309 e. The van der Waals surface area contributed by atoms with Crippen molar-refractivity contribution in [3.8, 4) is 0 Å². The van der Waals surface area contributed by atoms with Crippen molar-refractivity contribution in [2.75, 3.05) is 0 Å². The highest BCUT2D eigenvalue weighted by Crippen LogP contribution is 2.25. The molecule has 0 saturated heterocycles. The Bertz CT molecular complexity index is 910. The second-order valence-corrected chi connectivity index (χ2v) is 6.53. The van der Waals surface area contributed by atoms with Crippen molar-refractivity contribution in [2.24, 2.45) is 7.05 Å². The van der Waals surface area contributed by atoms with Gasteiger partial charge in [0, 0.05) is 18.3 Å². The molecule has 10 heteroatoms. The molecule has 0 aliphatic carbocycles. The Balaban J connectivity index is 1.58. The summed E-state index contributed by atoms with van der Waals surface area (Å²) in [5.74, 6) is 0.924. The van der Waals surface area contributed by atoms with Crippen molar-refractivity contribution in [3.05, 3.63) is 40.3 Å². The first kappa shape index (κ1) is 13.3. The van der Waals surface area contributed by atoms with E-state index in [1.54, 1.807) is 11.3 Å². The van der Waals surface area contributed by atoms with Crippen LogP contribution in [0.4, 0.5) is 0 Å². The van der Waals surface area contributed by atoms with Gasteiger partial charge in [-0.25, -0.2) is 0 Å². The second-order valence-electron chi connectivity index (χ2n) is 4.51. The maximum atomic E-state index is 4.32. The van der Waals surface area contributed by atoms with Gasteiger partial charge in [-0.05, 0) is 45.8 Å². The smallest absolute Gasteiger partial charge is 0.200 e. The minimum Gasteiger partial charge on any atom is -0.309 e. The van der Waals surface area contributed by atoms with E-state index >= 15 is 0 Å². The van der Waals surface area contributed by atoms with E-state index in [-0.39, 0.29) is 0 Å². The van der Waals surface area contributed by atoms with Crippen molar-refractivity contribution < 1.29 is 0 Å². The highest BCUT2D eigenvalue weighted by atomic mass is 32.2. The molecule has 22 heavy (non-hydrogen) atoms. The van der Waals surface area contributed by atoms with E-state index in [0.717, 1.165) is 22.4 Å². The van der Waals surface area contributed by atoms with E-state index in [1.807, 2.05) is 29.8 Å². The lowest BCUT2D eigenvalue weighted by Gasteiger charge is -2.02. The van der Waals surface area contributed by atoms with Gasteiger partial charge in [0.25, 0.3) is 0 Å². The lowest BCUT2D eigenvalue weighted by Crippen LogP contribution is -2.00. The molecule has 0 radical (unpaired) electrons. The topological polar surface area (TPSA) is 86.7 Å². The van der Waals surface area contributed by atoms with E-state index < -0.39 is 0 Å². The first-order chi connectivity index (χ1) is 10.8. The van der Waals surface area contributed by atoms with E-state index in [9.17, 15) is 0 Å². The van der Waals surface area contributed by atoms with Gasteiger partial charge in [-0.15, -0.1) is 36.4 Å². The van der Waals surface area contributed by atoms with Gasteiger partial charge in [-0.1, -0.05) is 6.07 Å². The Morgan fingerprint density at radius 1 is 1.18 bits per heavy atom. The molecule has 8 nitrogen and oxygen atoms in total. The molecule has 4 aromatic heterocycles. The summed E-state index contributed by atoms with van der Waals surface area (Å²) < 4.78 is 3.38. The molecule has 0 saturated carbocycles. The van der Waals surface area contributed by atoms with E-state index in [2.05, 4.69) is 42.3 Å². The number of hydrogen-bond acceptors (Lipinski definition) is 8. The number of hydrogen-bond donors (Lipinski definition) is 0. The van der Waals surface area contributed by atoms with Gasteiger partial charge < -0.3 is 4.57 Å². The summed E-state index contributed by atoms with van der Waals surface area (Å²) in [5, 5.41) is 27.6. The van der Waals surface area contributed by atoms with Gasteiger partial charge in [-0.3, -0.25) is 0 Å². The molecular formula is C12H10N8S2. The highest BCUT2D eigenvalue weighted by Gasteiger charge is 2.12. The first-order valence-corrected chi connectivity index (χ1v) is 8.13. The third-order valence-corrected chi connectivity index (χ3v) is 4.92. The van der Waals surface area contributed by atoms with Gasteiger partial charge in [0.1, 0.15) is 10.9 Å². The second kappa shape index (κ2) is 5.46. The summed E-state index contributed by atoms with van der Waals surface area (Å²) in [5.41, 5.74) is 0.612. The van der Waals surface area contributed by atoms with Crippen LogP contribution in [-0.2, 0) is 13.5 Å². The van der Waals surface area contributed by atoms with E-state index in [4.69, 9.17) is 0 Å². The van der Waals surface area contributed by atoms with E-state index in [1.165, 1.54) is 21.3 Å². The Labute approximate surface area is 133 Å². The van der Waals surface area contributed by atoms with Crippen LogP contribution < -0.4 is 0 Å². The summed E-state index contributed by atoms with van der Waals surface area (Å²) in [6.07, 6.45) is 0.779. The Morgan fingerprint density at radius 2 is 2.14 bits per heavy atom. The van der Waals surface area contributed by atoms with Crippen LogP contribution in [0.2, 0.25) is 0 Å². The molecule has 0 N–H and O–H groups in total. The molecule has 0 atom stereocenters. The van der Waals surface area contributed by atoms with Crippen molar-refractivity contribution in [1.82, 2.24) is 40.0 Å². The zero-order valence-corrected chi connectivity index (χ0v) is 13.1. The average molecular weight is 330 g/mol. The third kappa shape index (κ3) is 2.46. The molecule has 0 fully saturated rings. The molecule has 0 aliphatic heterocycles. The minimum atomic E-state index is 0.612. The molecule has 0 amide bonds. The van der Waals surface area contributed by atoms with Crippen LogP contribution in [0.5, 0.6) is 0 Å². The summed E-state index contributed by atoms with van der Waals surface area (Å²) in [6.45, 7) is 0. The van der Waals surface area contributed by atoms with Gasteiger partial charge >= 0.3 is 0 Å². The van der Waals surface area contributed by atoms with Crippen molar-refractivity contribution >= 4 is 28.7 Å². The molecule has 0 aromatic carbocycles. The fourth-order valence-electron chi connectivity index (χ4n) is 1.94. The van der Waals surface area contributed by atoms with Gasteiger partial charge in [0.2, 0.25) is 0 Å². The van der Waals surface area contributed by atoms with Crippen LogP contribution >= 0.6 is 23.1 Å². The first-order valence-electron chi connectivity index (χ1n) is 6.43. The van der Waals surface area contributed by atoms with Crippen LogP contribution in [0.25, 0.3) is 5.65 Å². The van der Waals surface area contributed by atoms with Gasteiger partial charge in [0.05, 0.1) is 0 Å². The summed E-state index contributed by atoms with van der Waals surface area (Å²) in [6, 6.07) is 7.82. The summed E-state index contributed by atoms with van der Waals surface area (Å²) in [7, 11) is 1.96. The normalized spacial score (nSPS) is 11.3. The number of thiophene rings is 1. The molecule has 4 rings (SSSR count). The highest BCUT2D eigenvalue weighted by molar-refractivity contribution is 7.99. The number of aromatic nitrogens is 8. The average Bonchev–Trinajstić information content (AvgIpc) is 3.24. The van der Waals surface area contributed by atoms with Crippen molar-refractivity contribution in [2.45, 2.75) is 16.6 Å².